The lowest BCUT2D eigenvalue weighted by atomic mass is 10.1. The second-order valence-electron chi connectivity index (χ2n) is 7.24. The van der Waals surface area contributed by atoms with E-state index in [1.807, 2.05) is 32.3 Å². The third kappa shape index (κ3) is 5.69. The molecule has 1 aliphatic heterocycles. The molecule has 1 saturated heterocycles. The highest BCUT2D eigenvalue weighted by Gasteiger charge is 2.12. The highest BCUT2D eigenvalue weighted by atomic mass is 16.1. The van der Waals surface area contributed by atoms with E-state index in [9.17, 15) is 4.79 Å². The molecule has 0 radical (unpaired) electrons. The van der Waals surface area contributed by atoms with Crippen molar-refractivity contribution < 1.29 is 4.79 Å². The summed E-state index contributed by atoms with van der Waals surface area (Å²) in [5.41, 5.74) is 3.42. The minimum atomic E-state index is -0.149. The number of pyridine rings is 1. The molecule has 1 aromatic carbocycles. The maximum absolute atomic E-state index is 12.5. The molecule has 0 unspecified atom stereocenters. The van der Waals surface area contributed by atoms with E-state index in [2.05, 4.69) is 37.6 Å². The average molecular weight is 367 g/mol. The van der Waals surface area contributed by atoms with Gasteiger partial charge < -0.3 is 20.4 Å². The van der Waals surface area contributed by atoms with Crippen molar-refractivity contribution in [2.24, 2.45) is 0 Å². The number of likely N-dealkylation sites (N-methyl/N-ethyl adjacent to an activating group) is 1. The van der Waals surface area contributed by atoms with E-state index in [4.69, 9.17) is 0 Å². The number of aromatic nitrogens is 1. The van der Waals surface area contributed by atoms with Gasteiger partial charge in [-0.1, -0.05) is 0 Å². The lowest BCUT2D eigenvalue weighted by molar-refractivity contribution is 0.102. The van der Waals surface area contributed by atoms with Crippen LogP contribution in [0.4, 0.5) is 17.1 Å². The number of hydrogen-bond acceptors (Lipinski definition) is 5. The second kappa shape index (κ2) is 9.37. The number of amides is 1. The number of carbonyl (C=O) groups excluding carboxylic acids is 1. The van der Waals surface area contributed by atoms with E-state index in [0.717, 1.165) is 37.6 Å². The van der Waals surface area contributed by atoms with E-state index >= 15 is 0 Å². The summed E-state index contributed by atoms with van der Waals surface area (Å²) >= 11 is 0. The Kier molecular flexibility index (Phi) is 6.65. The van der Waals surface area contributed by atoms with Crippen molar-refractivity contribution in [2.75, 3.05) is 55.8 Å². The van der Waals surface area contributed by atoms with Crippen molar-refractivity contribution in [1.82, 2.24) is 9.88 Å². The van der Waals surface area contributed by atoms with Crippen molar-refractivity contribution in [1.29, 1.82) is 0 Å². The molecule has 3 rings (SSSR count). The molecule has 0 spiro atoms. The van der Waals surface area contributed by atoms with Crippen LogP contribution in [0.5, 0.6) is 0 Å². The number of anilines is 3. The van der Waals surface area contributed by atoms with Crippen LogP contribution in [0.15, 0.2) is 42.7 Å². The molecule has 1 aliphatic rings. The Morgan fingerprint density at radius 3 is 2.52 bits per heavy atom. The summed E-state index contributed by atoms with van der Waals surface area (Å²) in [5.74, 6) is -0.149. The number of nitrogens with one attached hydrogen (secondary N) is 2. The summed E-state index contributed by atoms with van der Waals surface area (Å²) in [7, 11) is 4.06. The van der Waals surface area contributed by atoms with Crippen LogP contribution in [0.25, 0.3) is 0 Å². The molecular weight excluding hydrogens is 338 g/mol. The fourth-order valence-electron chi connectivity index (χ4n) is 3.20. The third-order valence-corrected chi connectivity index (χ3v) is 4.73. The first-order chi connectivity index (χ1) is 13.1. The average Bonchev–Trinajstić information content (AvgIpc) is 2.69. The Bertz CT molecular complexity index is 738. The van der Waals surface area contributed by atoms with E-state index in [1.165, 1.54) is 24.9 Å². The predicted octanol–water partition coefficient (Wildman–Crippen LogP) is 3.30. The molecule has 0 saturated carbocycles. The number of nitrogens with zero attached hydrogens (tertiary/aromatic N) is 3. The molecule has 2 aromatic rings. The number of rotatable bonds is 7. The number of carbonyl (C=O) groups is 1. The molecule has 1 amide bonds. The van der Waals surface area contributed by atoms with E-state index in [0.29, 0.717) is 5.56 Å². The molecule has 2 heterocycles. The minimum Gasteiger partial charge on any atom is -0.382 e. The molecule has 27 heavy (non-hydrogen) atoms. The summed E-state index contributed by atoms with van der Waals surface area (Å²) in [4.78, 5) is 21.2. The smallest absolute Gasteiger partial charge is 0.257 e. The van der Waals surface area contributed by atoms with Gasteiger partial charge in [0.05, 0.1) is 11.3 Å². The molecule has 0 bridgehead atoms. The highest BCUT2D eigenvalue weighted by molar-refractivity contribution is 6.04. The highest BCUT2D eigenvalue weighted by Crippen LogP contribution is 2.22. The van der Waals surface area contributed by atoms with E-state index in [1.54, 1.807) is 12.4 Å². The van der Waals surface area contributed by atoms with E-state index < -0.39 is 0 Å². The largest absolute Gasteiger partial charge is 0.382 e. The monoisotopic (exact) mass is 367 g/mol. The van der Waals surface area contributed by atoms with Gasteiger partial charge in [0.1, 0.15) is 0 Å². The molecule has 2 N–H and O–H groups in total. The summed E-state index contributed by atoms with van der Waals surface area (Å²) in [5, 5.41) is 6.25. The van der Waals surface area contributed by atoms with Gasteiger partial charge in [-0.15, -0.1) is 0 Å². The molecule has 1 fully saturated rings. The van der Waals surface area contributed by atoms with Crippen molar-refractivity contribution >= 4 is 23.0 Å². The molecule has 6 heteroatoms. The van der Waals surface area contributed by atoms with Gasteiger partial charge in [-0.05, 0) is 63.7 Å². The first kappa shape index (κ1) is 19.2. The molecule has 0 aliphatic carbocycles. The summed E-state index contributed by atoms with van der Waals surface area (Å²) < 4.78 is 0. The standard InChI is InChI=1S/C21H29N5O/c1-25(2)13-10-23-19-14-17(15-22-16-19)21(27)24-18-6-8-20(9-7-18)26-11-4-3-5-12-26/h6-9,14-16,23H,3-5,10-13H2,1-2H3,(H,24,27). The summed E-state index contributed by atoms with van der Waals surface area (Å²) in [6.07, 6.45) is 7.16. The lowest BCUT2D eigenvalue weighted by Crippen LogP contribution is -2.29. The van der Waals surface area contributed by atoms with Crippen LogP contribution in [0.3, 0.4) is 0 Å². The number of piperidine rings is 1. The third-order valence-electron chi connectivity index (χ3n) is 4.73. The fourth-order valence-corrected chi connectivity index (χ4v) is 3.20. The Morgan fingerprint density at radius 1 is 1.07 bits per heavy atom. The normalized spacial score (nSPS) is 14.3. The van der Waals surface area contributed by atoms with Crippen LogP contribution in [0, 0.1) is 0 Å². The first-order valence-electron chi connectivity index (χ1n) is 9.62. The molecule has 1 aromatic heterocycles. The zero-order valence-corrected chi connectivity index (χ0v) is 16.2. The molecule has 6 nitrogen and oxygen atoms in total. The van der Waals surface area contributed by atoms with Crippen molar-refractivity contribution in [3.8, 4) is 0 Å². The predicted molar refractivity (Wildman–Crippen MR) is 112 cm³/mol. The Labute approximate surface area is 161 Å². The number of hydrogen-bond donors (Lipinski definition) is 2. The van der Waals surface area contributed by atoms with Crippen LogP contribution in [0.2, 0.25) is 0 Å². The van der Waals surface area contributed by atoms with Crippen LogP contribution in [0.1, 0.15) is 29.6 Å². The van der Waals surface area contributed by atoms with Crippen molar-refractivity contribution in [3.05, 3.63) is 48.3 Å². The van der Waals surface area contributed by atoms with Gasteiger partial charge in [0.2, 0.25) is 0 Å². The zero-order valence-electron chi connectivity index (χ0n) is 16.2. The molecule has 0 atom stereocenters. The van der Waals surface area contributed by atoms with Gasteiger partial charge in [-0.25, -0.2) is 0 Å². The van der Waals surface area contributed by atoms with Crippen molar-refractivity contribution in [3.63, 3.8) is 0 Å². The topological polar surface area (TPSA) is 60.5 Å². The van der Waals surface area contributed by atoms with Gasteiger partial charge in [-0.2, -0.15) is 0 Å². The fraction of sp³-hybridized carbons (Fsp3) is 0.429. The van der Waals surface area contributed by atoms with Crippen molar-refractivity contribution in [2.45, 2.75) is 19.3 Å². The lowest BCUT2D eigenvalue weighted by Gasteiger charge is -2.28. The van der Waals surface area contributed by atoms with Gasteiger partial charge in [0.15, 0.2) is 0 Å². The van der Waals surface area contributed by atoms with Crippen LogP contribution in [-0.4, -0.2) is 56.1 Å². The number of benzene rings is 1. The first-order valence-corrected chi connectivity index (χ1v) is 9.62. The van der Waals surface area contributed by atoms with Gasteiger partial charge in [0, 0.05) is 49.9 Å². The van der Waals surface area contributed by atoms with Crippen LogP contribution < -0.4 is 15.5 Å². The van der Waals surface area contributed by atoms with Crippen LogP contribution in [-0.2, 0) is 0 Å². The zero-order chi connectivity index (χ0) is 19.1. The second-order valence-corrected chi connectivity index (χ2v) is 7.24. The van der Waals surface area contributed by atoms with Gasteiger partial charge in [0.25, 0.3) is 5.91 Å². The SMILES string of the molecule is CN(C)CCNc1cncc(C(=O)Nc2ccc(N3CCCCC3)cc2)c1. The Hall–Kier alpha value is -2.60. The van der Waals surface area contributed by atoms with E-state index in [-0.39, 0.29) is 5.91 Å². The maximum atomic E-state index is 12.5. The molecular formula is C21H29N5O. The van der Waals surface area contributed by atoms with Gasteiger partial charge >= 0.3 is 0 Å². The Morgan fingerprint density at radius 2 is 1.81 bits per heavy atom. The van der Waals surface area contributed by atoms with Crippen LogP contribution >= 0.6 is 0 Å². The quantitative estimate of drug-likeness (QED) is 0.786. The summed E-state index contributed by atoms with van der Waals surface area (Å²) in [6, 6.07) is 9.93. The Balaban J connectivity index is 1.58. The minimum absolute atomic E-state index is 0.149. The van der Waals surface area contributed by atoms with Gasteiger partial charge in [-0.3, -0.25) is 9.78 Å². The maximum Gasteiger partial charge on any atom is 0.257 e. The molecule has 144 valence electrons. The summed E-state index contributed by atoms with van der Waals surface area (Å²) in [6.45, 7) is 3.95.